The second-order valence-corrected chi connectivity index (χ2v) is 8.08. The van der Waals surface area contributed by atoms with E-state index in [1.807, 2.05) is 5.32 Å². The Morgan fingerprint density at radius 2 is 1.81 bits per heavy atom. The monoisotopic (exact) mass is 488 g/mol. The van der Waals surface area contributed by atoms with Gasteiger partial charge >= 0.3 is 6.18 Å². The van der Waals surface area contributed by atoms with Crippen molar-refractivity contribution in [2.75, 3.05) is 5.32 Å². The normalized spacial score (nSPS) is 13.0. The number of carbonyl (C=O) groups excluding carboxylic acids is 1. The van der Waals surface area contributed by atoms with Crippen molar-refractivity contribution in [1.29, 1.82) is 5.26 Å². The molecule has 31 heavy (non-hydrogen) atoms. The van der Waals surface area contributed by atoms with E-state index in [4.69, 9.17) is 16.9 Å². The summed E-state index contributed by atoms with van der Waals surface area (Å²) in [5.74, 6) is -5.99. The number of halogens is 7. The number of benzene rings is 1. The standard InChI is InChI=1S/C16H11ClF6N4O3S/c1-6(16(21,22)23)26-31(29,30)13-11(20)12(27(2)14(13)17)15(28)25-9-4-3-8(18)7(5-24)10(9)19/h3-4,6,26H,1-2H3,(H,25,28). The summed E-state index contributed by atoms with van der Waals surface area (Å²) in [6.45, 7) is 0.462. The fraction of sp³-hybridized carbons (Fsp3) is 0.250. The second kappa shape index (κ2) is 8.40. The number of nitrogens with one attached hydrogen (secondary N) is 2. The Balaban J connectivity index is 2.50. The lowest BCUT2D eigenvalue weighted by Crippen LogP contribution is -2.43. The molecule has 1 aromatic heterocycles. The fourth-order valence-electron chi connectivity index (χ4n) is 2.37. The van der Waals surface area contributed by atoms with Crippen LogP contribution in [0, 0.1) is 28.8 Å². The molecule has 0 radical (unpaired) electrons. The summed E-state index contributed by atoms with van der Waals surface area (Å²) >= 11 is 5.72. The van der Waals surface area contributed by atoms with Crippen LogP contribution in [0.15, 0.2) is 17.0 Å². The average Bonchev–Trinajstić information content (AvgIpc) is 2.86. The number of hydrogen-bond donors (Lipinski definition) is 2. The lowest BCUT2D eigenvalue weighted by Gasteiger charge is -2.17. The first-order valence-corrected chi connectivity index (χ1v) is 9.81. The molecule has 2 N–H and O–H groups in total. The predicted molar refractivity (Wildman–Crippen MR) is 95.2 cm³/mol. The molecule has 7 nitrogen and oxygen atoms in total. The summed E-state index contributed by atoms with van der Waals surface area (Å²) < 4.78 is 106. The van der Waals surface area contributed by atoms with Crippen molar-refractivity contribution < 1.29 is 39.6 Å². The Morgan fingerprint density at radius 1 is 1.23 bits per heavy atom. The molecular formula is C16H11ClF6N4O3S. The van der Waals surface area contributed by atoms with Crippen LogP contribution in [0.25, 0.3) is 0 Å². The van der Waals surface area contributed by atoms with Crippen molar-refractivity contribution in [3.8, 4) is 6.07 Å². The highest BCUT2D eigenvalue weighted by atomic mass is 35.5. The van der Waals surface area contributed by atoms with Crippen molar-refractivity contribution in [1.82, 2.24) is 9.29 Å². The number of alkyl halides is 3. The number of anilines is 1. The molecular weight excluding hydrogens is 478 g/mol. The summed E-state index contributed by atoms with van der Waals surface area (Å²) in [5, 5.41) is 9.62. The van der Waals surface area contributed by atoms with Gasteiger partial charge in [-0.15, -0.1) is 0 Å². The van der Waals surface area contributed by atoms with Gasteiger partial charge in [-0.1, -0.05) is 11.6 Å². The maximum atomic E-state index is 14.8. The van der Waals surface area contributed by atoms with Crippen molar-refractivity contribution >= 4 is 33.2 Å². The minimum absolute atomic E-state index is 0.462. The minimum atomic E-state index is -5.18. The van der Waals surface area contributed by atoms with Crippen LogP contribution in [-0.4, -0.2) is 31.1 Å². The Kier molecular flexibility index (Phi) is 6.64. The molecule has 1 amide bonds. The molecule has 0 bridgehead atoms. The molecule has 0 aliphatic carbocycles. The highest BCUT2D eigenvalue weighted by Gasteiger charge is 2.41. The van der Waals surface area contributed by atoms with Crippen LogP contribution in [0.1, 0.15) is 23.0 Å². The number of hydrogen-bond acceptors (Lipinski definition) is 4. The van der Waals surface area contributed by atoms with Gasteiger partial charge in [-0.25, -0.2) is 21.6 Å². The van der Waals surface area contributed by atoms with Crippen LogP contribution in [0.4, 0.5) is 32.0 Å². The highest BCUT2D eigenvalue weighted by Crippen LogP contribution is 2.32. The zero-order valence-electron chi connectivity index (χ0n) is 15.4. The van der Waals surface area contributed by atoms with Crippen molar-refractivity contribution in [3.63, 3.8) is 0 Å². The van der Waals surface area contributed by atoms with Crippen molar-refractivity contribution in [2.24, 2.45) is 7.05 Å². The average molecular weight is 489 g/mol. The zero-order chi connectivity index (χ0) is 23.9. The molecule has 168 valence electrons. The van der Waals surface area contributed by atoms with Crippen LogP contribution in [0.5, 0.6) is 0 Å². The molecule has 0 saturated carbocycles. The van der Waals surface area contributed by atoms with E-state index in [0.717, 1.165) is 13.1 Å². The van der Waals surface area contributed by atoms with Gasteiger partial charge in [0.1, 0.15) is 34.3 Å². The van der Waals surface area contributed by atoms with Gasteiger partial charge in [-0.2, -0.15) is 23.2 Å². The summed E-state index contributed by atoms with van der Waals surface area (Å²) in [6.07, 6.45) is -5.00. The first-order chi connectivity index (χ1) is 14.1. The number of nitrogens with zero attached hydrogens (tertiary/aromatic N) is 2. The third-order valence-electron chi connectivity index (χ3n) is 3.98. The third kappa shape index (κ3) is 4.63. The Morgan fingerprint density at radius 3 is 2.32 bits per heavy atom. The number of aromatic nitrogens is 1. The van der Waals surface area contributed by atoms with E-state index in [9.17, 15) is 39.6 Å². The summed E-state index contributed by atoms with van der Waals surface area (Å²) in [4.78, 5) is 11.0. The van der Waals surface area contributed by atoms with E-state index in [1.54, 1.807) is 0 Å². The molecule has 0 saturated heterocycles. The van der Waals surface area contributed by atoms with E-state index < -0.39 is 72.6 Å². The Labute approximate surface area is 176 Å². The maximum Gasteiger partial charge on any atom is 0.404 e. The highest BCUT2D eigenvalue weighted by molar-refractivity contribution is 7.89. The smallest absolute Gasteiger partial charge is 0.327 e. The van der Waals surface area contributed by atoms with Crippen LogP contribution in [0.3, 0.4) is 0 Å². The molecule has 2 rings (SSSR count). The number of amides is 1. The molecule has 15 heteroatoms. The van der Waals surface area contributed by atoms with Gasteiger partial charge in [0.05, 0.1) is 5.69 Å². The quantitative estimate of drug-likeness (QED) is 0.629. The van der Waals surface area contributed by atoms with E-state index in [2.05, 4.69) is 0 Å². The maximum absolute atomic E-state index is 14.8. The molecule has 1 atom stereocenters. The fourth-order valence-corrected chi connectivity index (χ4v) is 4.25. The van der Waals surface area contributed by atoms with Gasteiger partial charge in [0.25, 0.3) is 5.91 Å². The number of nitriles is 1. The zero-order valence-corrected chi connectivity index (χ0v) is 17.0. The second-order valence-electron chi connectivity index (χ2n) is 6.08. The molecule has 0 aliphatic rings. The molecule has 0 spiro atoms. The lowest BCUT2D eigenvalue weighted by atomic mass is 10.2. The lowest BCUT2D eigenvalue weighted by molar-refractivity contribution is -0.147. The van der Waals surface area contributed by atoms with E-state index in [0.29, 0.717) is 17.6 Å². The van der Waals surface area contributed by atoms with Gasteiger partial charge in [-0.3, -0.25) is 4.79 Å². The number of carbonyl (C=O) groups is 1. The van der Waals surface area contributed by atoms with Gasteiger partial charge in [0.2, 0.25) is 10.0 Å². The predicted octanol–water partition coefficient (Wildman–Crippen LogP) is 3.45. The van der Waals surface area contributed by atoms with Gasteiger partial charge < -0.3 is 9.88 Å². The first-order valence-electron chi connectivity index (χ1n) is 7.95. The SMILES string of the molecule is CC(NS(=O)(=O)c1c(F)c(C(=O)Nc2ccc(F)c(C#N)c2F)n(C)c1Cl)C(F)(F)F. The Bertz CT molecular complexity index is 1200. The van der Waals surface area contributed by atoms with Crippen molar-refractivity contribution in [3.05, 3.63) is 46.0 Å². The third-order valence-corrected chi connectivity index (χ3v) is 6.11. The molecule has 0 aliphatic heterocycles. The van der Waals surface area contributed by atoms with Crippen LogP contribution >= 0.6 is 11.6 Å². The summed E-state index contributed by atoms with van der Waals surface area (Å²) in [7, 11) is -4.26. The van der Waals surface area contributed by atoms with E-state index >= 15 is 0 Å². The van der Waals surface area contributed by atoms with Gasteiger partial charge in [-0.05, 0) is 19.1 Å². The summed E-state index contributed by atoms with van der Waals surface area (Å²) in [6, 6.07) is -0.0251. The largest absolute Gasteiger partial charge is 0.404 e. The van der Waals surface area contributed by atoms with E-state index in [1.165, 1.54) is 10.8 Å². The molecule has 2 aromatic rings. The van der Waals surface area contributed by atoms with Gasteiger partial charge in [0, 0.05) is 7.05 Å². The van der Waals surface area contributed by atoms with Gasteiger partial charge in [0.15, 0.2) is 16.5 Å². The van der Waals surface area contributed by atoms with Crippen LogP contribution < -0.4 is 10.0 Å². The van der Waals surface area contributed by atoms with Crippen LogP contribution in [-0.2, 0) is 17.1 Å². The molecule has 1 aromatic carbocycles. The minimum Gasteiger partial charge on any atom is -0.327 e. The van der Waals surface area contributed by atoms with Crippen molar-refractivity contribution in [2.45, 2.75) is 24.0 Å². The topological polar surface area (TPSA) is 104 Å². The number of rotatable bonds is 5. The van der Waals surface area contributed by atoms with Crippen LogP contribution in [0.2, 0.25) is 5.15 Å². The molecule has 1 unspecified atom stereocenters. The molecule has 0 fully saturated rings. The van der Waals surface area contributed by atoms with E-state index in [-0.39, 0.29) is 0 Å². The number of sulfonamides is 1. The first kappa shape index (κ1) is 24.5. The molecule has 1 heterocycles. The summed E-state index contributed by atoms with van der Waals surface area (Å²) in [5.41, 5.74) is -2.86. The Hall–Kier alpha value is -2.76.